The molecule has 8 nitrogen and oxygen atoms in total. The van der Waals surface area contributed by atoms with Gasteiger partial charge in [-0.2, -0.15) is 0 Å². The lowest BCUT2D eigenvalue weighted by atomic mass is 10.1. The number of hydrogen-bond acceptors (Lipinski definition) is 8. The minimum absolute atomic E-state index is 0.0707. The predicted octanol–water partition coefficient (Wildman–Crippen LogP) is 2.51. The van der Waals surface area contributed by atoms with Crippen LogP contribution in [0.4, 0.5) is 5.82 Å². The number of carbonyl (C=O) groups excluding carboxylic acids is 1. The highest BCUT2D eigenvalue weighted by Gasteiger charge is 2.20. The van der Waals surface area contributed by atoms with Crippen LogP contribution in [0.15, 0.2) is 24.4 Å². The van der Waals surface area contributed by atoms with Crippen molar-refractivity contribution in [3.05, 3.63) is 29.4 Å². The summed E-state index contributed by atoms with van der Waals surface area (Å²) in [6.45, 7) is 4.00. The third-order valence-electron chi connectivity index (χ3n) is 4.82. The van der Waals surface area contributed by atoms with Crippen LogP contribution < -0.4 is 5.32 Å². The molecule has 0 spiro atoms. The molecule has 4 rings (SSSR count). The molecule has 4 heterocycles. The number of likely N-dealkylation sites (tertiary alicyclic amines) is 1. The summed E-state index contributed by atoms with van der Waals surface area (Å²) in [6.07, 6.45) is 3.93. The van der Waals surface area contributed by atoms with Crippen LogP contribution in [0.3, 0.4) is 0 Å². The van der Waals surface area contributed by atoms with Crippen molar-refractivity contribution in [2.75, 3.05) is 32.1 Å². The normalized spacial score (nSPS) is 15.8. The molecule has 0 bridgehead atoms. The second-order valence-corrected chi connectivity index (χ2v) is 8.03. The SMILES string of the molecule is COC1CCN(CC(=O)Nc2cc3nc(-c4nnc(C)s4)ccc3cn2)CC1. The van der Waals surface area contributed by atoms with Gasteiger partial charge in [0, 0.05) is 37.8 Å². The van der Waals surface area contributed by atoms with E-state index >= 15 is 0 Å². The number of amides is 1. The molecular formula is C19H22N6O2S. The van der Waals surface area contributed by atoms with Gasteiger partial charge >= 0.3 is 0 Å². The second-order valence-electron chi connectivity index (χ2n) is 6.84. The van der Waals surface area contributed by atoms with Crippen molar-refractivity contribution in [3.63, 3.8) is 0 Å². The Labute approximate surface area is 167 Å². The second kappa shape index (κ2) is 8.26. The van der Waals surface area contributed by atoms with Gasteiger partial charge in [-0.25, -0.2) is 9.97 Å². The monoisotopic (exact) mass is 398 g/mol. The molecule has 9 heteroatoms. The number of hydrogen-bond donors (Lipinski definition) is 1. The maximum Gasteiger partial charge on any atom is 0.239 e. The number of methoxy groups -OCH3 is 1. The molecule has 0 atom stereocenters. The Kier molecular flexibility index (Phi) is 5.56. The molecule has 0 radical (unpaired) electrons. The van der Waals surface area contributed by atoms with Crippen LogP contribution in [0.5, 0.6) is 0 Å². The van der Waals surface area contributed by atoms with Crippen LogP contribution >= 0.6 is 11.3 Å². The first-order valence-electron chi connectivity index (χ1n) is 9.23. The Bertz CT molecular complexity index is 983. The van der Waals surface area contributed by atoms with Gasteiger partial charge in [0.1, 0.15) is 16.5 Å². The van der Waals surface area contributed by atoms with Crippen molar-refractivity contribution in [2.24, 2.45) is 0 Å². The zero-order chi connectivity index (χ0) is 19.5. The molecule has 146 valence electrons. The topological polar surface area (TPSA) is 93.1 Å². The zero-order valence-electron chi connectivity index (χ0n) is 15.9. The van der Waals surface area contributed by atoms with Crippen molar-refractivity contribution in [2.45, 2.75) is 25.9 Å². The highest BCUT2D eigenvalue weighted by Crippen LogP contribution is 2.24. The van der Waals surface area contributed by atoms with Gasteiger partial charge in [0.2, 0.25) is 5.91 Å². The Morgan fingerprint density at radius 1 is 1.32 bits per heavy atom. The predicted molar refractivity (Wildman–Crippen MR) is 108 cm³/mol. The number of carbonyl (C=O) groups is 1. The third-order valence-corrected chi connectivity index (χ3v) is 5.68. The van der Waals surface area contributed by atoms with Crippen LogP contribution in [-0.4, -0.2) is 63.8 Å². The first-order chi connectivity index (χ1) is 13.6. The summed E-state index contributed by atoms with van der Waals surface area (Å²) in [5.74, 6) is 0.431. The van der Waals surface area contributed by atoms with E-state index in [1.165, 1.54) is 11.3 Å². The molecular weight excluding hydrogens is 376 g/mol. The van der Waals surface area contributed by atoms with Gasteiger partial charge in [-0.15, -0.1) is 10.2 Å². The van der Waals surface area contributed by atoms with Gasteiger partial charge in [0.05, 0.1) is 18.2 Å². The fourth-order valence-corrected chi connectivity index (χ4v) is 3.95. The van der Waals surface area contributed by atoms with E-state index in [-0.39, 0.29) is 5.91 Å². The molecule has 0 unspecified atom stereocenters. The van der Waals surface area contributed by atoms with Gasteiger partial charge in [0.25, 0.3) is 0 Å². The maximum absolute atomic E-state index is 12.4. The lowest BCUT2D eigenvalue weighted by Crippen LogP contribution is -2.41. The van der Waals surface area contributed by atoms with Gasteiger partial charge in [-0.05, 0) is 31.9 Å². The highest BCUT2D eigenvalue weighted by molar-refractivity contribution is 7.14. The standard InChI is InChI=1S/C19H22N6O2S/c1-12-23-24-19(28-12)15-4-3-13-10-20-17(9-16(13)21-15)22-18(26)11-25-7-5-14(27-2)6-8-25/h3-4,9-10,14H,5-8,11H2,1-2H3,(H,20,22,26). The number of fused-ring (bicyclic) bond motifs is 1. The summed E-state index contributed by atoms with van der Waals surface area (Å²) in [5, 5.41) is 13.7. The van der Waals surface area contributed by atoms with Crippen molar-refractivity contribution in [1.29, 1.82) is 0 Å². The van der Waals surface area contributed by atoms with Gasteiger partial charge in [0.15, 0.2) is 5.01 Å². The molecule has 1 aliphatic rings. The summed E-state index contributed by atoms with van der Waals surface area (Å²) < 4.78 is 5.37. The molecule has 3 aromatic rings. The summed E-state index contributed by atoms with van der Waals surface area (Å²) in [7, 11) is 1.74. The fourth-order valence-electron chi connectivity index (χ4n) is 3.29. The number of aromatic nitrogens is 4. The smallest absolute Gasteiger partial charge is 0.239 e. The molecule has 1 saturated heterocycles. The quantitative estimate of drug-likeness (QED) is 0.706. The van der Waals surface area contributed by atoms with Crippen molar-refractivity contribution < 1.29 is 9.53 Å². The molecule has 3 aromatic heterocycles. The van der Waals surface area contributed by atoms with Crippen molar-refractivity contribution in [3.8, 4) is 10.7 Å². The lowest BCUT2D eigenvalue weighted by Gasteiger charge is -2.30. The van der Waals surface area contributed by atoms with E-state index in [1.54, 1.807) is 19.4 Å². The minimum atomic E-state index is -0.0707. The number of nitrogens with one attached hydrogen (secondary N) is 1. The fraction of sp³-hybridized carbons (Fsp3) is 0.421. The number of rotatable bonds is 5. The minimum Gasteiger partial charge on any atom is -0.381 e. The van der Waals surface area contributed by atoms with Crippen LogP contribution in [0, 0.1) is 6.92 Å². The molecule has 1 amide bonds. The van der Waals surface area contributed by atoms with Crippen LogP contribution in [0.1, 0.15) is 17.8 Å². The van der Waals surface area contributed by atoms with E-state index < -0.39 is 0 Å². The number of anilines is 1. The van der Waals surface area contributed by atoms with Crippen LogP contribution in [0.2, 0.25) is 0 Å². The van der Waals surface area contributed by atoms with E-state index in [0.29, 0.717) is 18.5 Å². The third kappa shape index (κ3) is 4.32. The lowest BCUT2D eigenvalue weighted by molar-refractivity contribution is -0.117. The van der Waals surface area contributed by atoms with Crippen LogP contribution in [-0.2, 0) is 9.53 Å². The van der Waals surface area contributed by atoms with Crippen LogP contribution in [0.25, 0.3) is 21.6 Å². The van der Waals surface area contributed by atoms with Crippen molar-refractivity contribution >= 4 is 34.0 Å². The Balaban J connectivity index is 1.44. The molecule has 28 heavy (non-hydrogen) atoms. The van der Waals surface area contributed by atoms with E-state index in [1.807, 2.05) is 19.1 Å². The van der Waals surface area contributed by atoms with Gasteiger partial charge in [-0.3, -0.25) is 9.69 Å². The molecule has 1 aliphatic heterocycles. The molecule has 0 aromatic carbocycles. The average molecular weight is 398 g/mol. The zero-order valence-corrected chi connectivity index (χ0v) is 16.7. The molecule has 0 aliphatic carbocycles. The number of piperidine rings is 1. The first kappa shape index (κ1) is 18.9. The first-order valence-corrected chi connectivity index (χ1v) is 10.0. The number of nitrogens with zero attached hydrogens (tertiary/aromatic N) is 5. The Morgan fingerprint density at radius 2 is 2.14 bits per heavy atom. The Morgan fingerprint density at radius 3 is 2.86 bits per heavy atom. The summed E-state index contributed by atoms with van der Waals surface area (Å²) in [4.78, 5) is 23.5. The van der Waals surface area contributed by atoms with E-state index in [9.17, 15) is 4.79 Å². The average Bonchev–Trinajstić information content (AvgIpc) is 3.14. The highest BCUT2D eigenvalue weighted by atomic mass is 32.1. The van der Waals surface area contributed by atoms with Crippen molar-refractivity contribution in [1.82, 2.24) is 25.1 Å². The number of aryl methyl sites for hydroxylation is 1. The van der Waals surface area contributed by atoms with Gasteiger partial charge < -0.3 is 10.1 Å². The maximum atomic E-state index is 12.4. The van der Waals surface area contributed by atoms with Gasteiger partial charge in [-0.1, -0.05) is 11.3 Å². The molecule has 0 saturated carbocycles. The summed E-state index contributed by atoms with van der Waals surface area (Å²) >= 11 is 1.50. The molecule has 1 fully saturated rings. The number of ether oxygens (including phenoxy) is 1. The molecule has 1 N–H and O–H groups in total. The summed E-state index contributed by atoms with van der Waals surface area (Å²) in [5.41, 5.74) is 1.53. The largest absolute Gasteiger partial charge is 0.381 e. The van der Waals surface area contributed by atoms with E-state index in [2.05, 4.69) is 30.4 Å². The number of pyridine rings is 2. The van der Waals surface area contributed by atoms with E-state index in [4.69, 9.17) is 4.74 Å². The summed E-state index contributed by atoms with van der Waals surface area (Å²) in [6, 6.07) is 5.65. The van der Waals surface area contributed by atoms with E-state index in [0.717, 1.165) is 52.5 Å². The Hall–Kier alpha value is -2.49.